The molecule has 8 aromatic carbocycles. The van der Waals surface area contributed by atoms with Crippen molar-refractivity contribution in [2.24, 2.45) is 0 Å². The fourth-order valence-electron chi connectivity index (χ4n) is 11.6. The molecule has 0 amide bonds. The van der Waals surface area contributed by atoms with Crippen LogP contribution in [0.25, 0.3) is 92.0 Å². The zero-order valence-electron chi connectivity index (χ0n) is 38.9. The van der Waals surface area contributed by atoms with Crippen molar-refractivity contribution in [1.29, 1.82) is 0 Å². The van der Waals surface area contributed by atoms with Crippen LogP contribution in [0.3, 0.4) is 0 Å². The smallest absolute Gasteiger partial charge is 0.198 e. The van der Waals surface area contributed by atoms with Gasteiger partial charge in [0.15, 0.2) is 7.28 Å². The van der Waals surface area contributed by atoms with E-state index in [0.717, 1.165) is 40.8 Å². The SMILES string of the molecule is CC(C)(C)c1ccc(Nc2cc3sc4ccccc4c3cc2-c2c3c(c4c5cc(C(C)(C)C)ccc5n5c4c2Bc2cc4occ(-c6ccccc6)c4cc2-5)-c2ccccc2C3(C)C)cc1. The zero-order chi connectivity index (χ0) is 45.0. The van der Waals surface area contributed by atoms with Crippen LogP contribution in [0.15, 0.2) is 156 Å². The minimum Gasteiger partial charge on any atom is -0.464 e. The second kappa shape index (κ2) is 13.6. The Hall–Kier alpha value is -6.82. The first-order valence-corrected chi connectivity index (χ1v) is 24.3. The van der Waals surface area contributed by atoms with E-state index < -0.39 is 0 Å². The summed E-state index contributed by atoms with van der Waals surface area (Å²) in [5.74, 6) is 0. The minimum atomic E-state index is -0.296. The van der Waals surface area contributed by atoms with Crippen molar-refractivity contribution in [1.82, 2.24) is 4.57 Å². The maximum absolute atomic E-state index is 6.49. The van der Waals surface area contributed by atoms with Crippen LogP contribution in [-0.2, 0) is 16.2 Å². The average molecular weight is 871 g/mol. The molecule has 0 radical (unpaired) electrons. The molecular formula is C61H51BN2OS. The molecule has 11 aromatic rings. The van der Waals surface area contributed by atoms with Crippen molar-refractivity contribution < 1.29 is 4.42 Å². The van der Waals surface area contributed by atoms with Crippen LogP contribution in [-0.4, -0.2) is 11.8 Å². The third-order valence-corrected chi connectivity index (χ3v) is 16.1. The summed E-state index contributed by atoms with van der Waals surface area (Å²) in [5.41, 5.74) is 22.3. The number of furan rings is 1. The summed E-state index contributed by atoms with van der Waals surface area (Å²) in [5, 5.41) is 10.5. The Morgan fingerprint density at radius 3 is 2.12 bits per heavy atom. The lowest BCUT2D eigenvalue weighted by Crippen LogP contribution is -2.38. The van der Waals surface area contributed by atoms with Gasteiger partial charge in [0.1, 0.15) is 5.58 Å². The van der Waals surface area contributed by atoms with E-state index in [0.29, 0.717) is 0 Å². The Balaban J connectivity index is 1.20. The van der Waals surface area contributed by atoms with Gasteiger partial charge in [0.05, 0.1) is 11.8 Å². The van der Waals surface area contributed by atoms with Gasteiger partial charge < -0.3 is 14.3 Å². The number of benzene rings is 8. The highest BCUT2D eigenvalue weighted by atomic mass is 32.1. The summed E-state index contributed by atoms with van der Waals surface area (Å²) in [7, 11) is 0.767. The highest BCUT2D eigenvalue weighted by Gasteiger charge is 2.43. The van der Waals surface area contributed by atoms with Gasteiger partial charge in [-0.3, -0.25) is 0 Å². The molecule has 0 bridgehead atoms. The van der Waals surface area contributed by atoms with Crippen molar-refractivity contribution in [2.45, 2.75) is 71.6 Å². The van der Waals surface area contributed by atoms with Crippen molar-refractivity contribution >= 4 is 93.9 Å². The number of rotatable bonds is 4. The zero-order valence-corrected chi connectivity index (χ0v) is 39.7. The second-order valence-corrected chi connectivity index (χ2v) is 22.5. The van der Waals surface area contributed by atoms with Crippen molar-refractivity contribution in [2.75, 3.05) is 5.32 Å². The van der Waals surface area contributed by atoms with E-state index in [9.17, 15) is 0 Å². The highest BCUT2D eigenvalue weighted by Crippen LogP contribution is 2.58. The molecular weight excluding hydrogens is 820 g/mol. The maximum atomic E-state index is 6.49. The first-order valence-electron chi connectivity index (χ1n) is 23.4. The predicted molar refractivity (Wildman–Crippen MR) is 285 cm³/mol. The molecule has 3 aromatic heterocycles. The van der Waals surface area contributed by atoms with E-state index in [1.807, 2.05) is 17.6 Å². The first kappa shape index (κ1) is 39.5. The molecule has 1 N–H and O–H groups in total. The van der Waals surface area contributed by atoms with E-state index in [1.54, 1.807) is 0 Å². The number of hydrogen-bond donors (Lipinski definition) is 1. The van der Waals surface area contributed by atoms with Gasteiger partial charge in [-0.05, 0) is 115 Å². The van der Waals surface area contributed by atoms with E-state index >= 15 is 0 Å². The van der Waals surface area contributed by atoms with Crippen LogP contribution in [0.4, 0.5) is 11.4 Å². The van der Waals surface area contributed by atoms with Gasteiger partial charge in [0, 0.05) is 75.5 Å². The molecule has 1 aliphatic carbocycles. The van der Waals surface area contributed by atoms with Gasteiger partial charge in [-0.15, -0.1) is 11.3 Å². The van der Waals surface area contributed by atoms with Crippen LogP contribution in [0.5, 0.6) is 0 Å². The molecule has 5 heteroatoms. The summed E-state index contributed by atoms with van der Waals surface area (Å²) < 4.78 is 11.7. The fraction of sp³-hybridized carbons (Fsp3) is 0.180. The van der Waals surface area contributed by atoms with E-state index in [1.165, 1.54) is 103 Å². The molecule has 3 nitrogen and oxygen atoms in total. The van der Waals surface area contributed by atoms with Crippen molar-refractivity contribution in [3.05, 3.63) is 174 Å². The van der Waals surface area contributed by atoms with E-state index in [2.05, 4.69) is 211 Å². The summed E-state index contributed by atoms with van der Waals surface area (Å²) in [4.78, 5) is 0. The summed E-state index contributed by atoms with van der Waals surface area (Å²) in [6, 6.07) is 54.9. The average Bonchev–Trinajstić information content (AvgIpc) is 4.04. The monoisotopic (exact) mass is 870 g/mol. The molecule has 0 fully saturated rings. The van der Waals surface area contributed by atoms with Crippen LogP contribution in [0.2, 0.25) is 0 Å². The third-order valence-electron chi connectivity index (χ3n) is 14.9. The molecule has 320 valence electrons. The largest absolute Gasteiger partial charge is 0.464 e. The normalized spacial score (nSPS) is 14.0. The van der Waals surface area contributed by atoms with Gasteiger partial charge in [-0.25, -0.2) is 0 Å². The number of hydrogen-bond acceptors (Lipinski definition) is 3. The van der Waals surface area contributed by atoms with Gasteiger partial charge in [0.2, 0.25) is 0 Å². The Kier molecular flexibility index (Phi) is 8.16. The van der Waals surface area contributed by atoms with Crippen LogP contribution >= 0.6 is 11.3 Å². The van der Waals surface area contributed by atoms with Crippen molar-refractivity contribution in [3.63, 3.8) is 0 Å². The topological polar surface area (TPSA) is 30.1 Å². The standard InChI is InChI=1S/C61H51BN2OS/c1-59(2,3)35-22-25-37(26-23-35)63-47-32-52-41(38-18-13-15-21-51(38)66-52)29-42(47)55-56-53(39-19-12-14-20-45(39)61(56,7)8)54-43-28-36(60(4,5)6)24-27-48(43)64-49-30-40-44(34-16-10-9-11-17-34)33-65-50(40)31-46(49)62-57(55)58(54)64/h9-33,62-63H,1-8H3. The second-order valence-electron chi connectivity index (χ2n) is 21.4. The molecule has 1 aliphatic heterocycles. The molecule has 4 heterocycles. The molecule has 66 heavy (non-hydrogen) atoms. The summed E-state index contributed by atoms with van der Waals surface area (Å²) in [6.07, 6.45) is 1.95. The Bertz CT molecular complexity index is 3850. The molecule has 13 rings (SSSR count). The van der Waals surface area contributed by atoms with Gasteiger partial charge in [-0.1, -0.05) is 152 Å². The lowest BCUT2D eigenvalue weighted by molar-refractivity contribution is 0.590. The van der Waals surface area contributed by atoms with Crippen LogP contribution < -0.4 is 16.2 Å². The van der Waals surface area contributed by atoms with E-state index in [-0.39, 0.29) is 16.2 Å². The lowest BCUT2D eigenvalue weighted by Gasteiger charge is -2.30. The predicted octanol–water partition coefficient (Wildman–Crippen LogP) is 15.6. The number of thiophene rings is 1. The molecule has 0 atom stereocenters. The van der Waals surface area contributed by atoms with Crippen LogP contribution in [0, 0.1) is 0 Å². The third kappa shape index (κ3) is 5.62. The van der Waals surface area contributed by atoms with Gasteiger partial charge >= 0.3 is 0 Å². The number of nitrogens with one attached hydrogen (secondary N) is 1. The van der Waals surface area contributed by atoms with E-state index in [4.69, 9.17) is 4.42 Å². The number of anilines is 2. The summed E-state index contributed by atoms with van der Waals surface area (Å²) >= 11 is 1.88. The quantitative estimate of drug-likeness (QED) is 0.179. The number of nitrogens with zero attached hydrogens (tertiary/aromatic N) is 1. The highest BCUT2D eigenvalue weighted by molar-refractivity contribution is 7.25. The molecule has 0 spiro atoms. The molecule has 0 saturated carbocycles. The van der Waals surface area contributed by atoms with Gasteiger partial charge in [-0.2, -0.15) is 0 Å². The number of aromatic nitrogens is 1. The van der Waals surface area contributed by atoms with Crippen molar-refractivity contribution in [3.8, 4) is 39.1 Å². The Morgan fingerprint density at radius 1 is 0.606 bits per heavy atom. The minimum absolute atomic E-state index is 0.0261. The van der Waals surface area contributed by atoms with Crippen LogP contribution in [0.1, 0.15) is 77.6 Å². The summed E-state index contributed by atoms with van der Waals surface area (Å²) in [6.45, 7) is 18.8. The molecule has 2 aliphatic rings. The molecule has 0 unspecified atom stereocenters. The lowest BCUT2D eigenvalue weighted by atomic mass is 9.57. The fourth-order valence-corrected chi connectivity index (χ4v) is 12.7. The Morgan fingerprint density at radius 2 is 1.33 bits per heavy atom. The number of fused-ring (bicyclic) bond motifs is 13. The van der Waals surface area contributed by atoms with Gasteiger partial charge in [0.25, 0.3) is 0 Å². The maximum Gasteiger partial charge on any atom is 0.198 e. The Labute approximate surface area is 391 Å². The molecule has 0 saturated heterocycles. The first-order chi connectivity index (χ1) is 31.7.